The van der Waals surface area contributed by atoms with Crippen molar-refractivity contribution in [1.29, 1.82) is 0 Å². The number of ether oxygens (including phenoxy) is 3. The first-order chi connectivity index (χ1) is 32.7. The van der Waals surface area contributed by atoms with E-state index >= 15 is 0 Å². The van der Waals surface area contributed by atoms with E-state index < -0.39 is 36.2 Å². The van der Waals surface area contributed by atoms with Gasteiger partial charge in [-0.05, 0) is 115 Å². The van der Waals surface area contributed by atoms with E-state index in [4.69, 9.17) is 14.2 Å². The average Bonchev–Trinajstić information content (AvgIpc) is 3.35. The Hall–Kier alpha value is -7.00. The molecule has 3 fully saturated rings. The Morgan fingerprint density at radius 1 is 0.791 bits per heavy atom. The summed E-state index contributed by atoms with van der Waals surface area (Å²) in [6.07, 6.45) is 2.12. The number of aromatic hydroxyl groups is 1. The van der Waals surface area contributed by atoms with Gasteiger partial charge in [0.15, 0.2) is 0 Å². The molecule has 0 aliphatic carbocycles. The molecule has 6 N–H and O–H groups in total. The minimum absolute atomic E-state index is 0.0733. The van der Waals surface area contributed by atoms with E-state index in [1.54, 1.807) is 24.3 Å². The second-order valence-electron chi connectivity index (χ2n) is 17.2. The first kappa shape index (κ1) is 46.5. The molecule has 9 rings (SSSR count). The molecule has 6 aromatic rings. The van der Waals surface area contributed by atoms with Crippen LogP contribution in [-0.4, -0.2) is 89.5 Å². The van der Waals surface area contributed by atoms with Gasteiger partial charge in [0.1, 0.15) is 30.3 Å². The summed E-state index contributed by atoms with van der Waals surface area (Å²) >= 11 is 0. The van der Waals surface area contributed by atoms with Gasteiger partial charge in [0.25, 0.3) is 5.91 Å². The van der Waals surface area contributed by atoms with E-state index in [9.17, 15) is 29.4 Å². The Balaban J connectivity index is 0.814. The summed E-state index contributed by atoms with van der Waals surface area (Å²) in [5, 5.41) is 30.7. The molecule has 14 nitrogen and oxygen atoms in total. The van der Waals surface area contributed by atoms with Crippen molar-refractivity contribution >= 4 is 28.9 Å². The van der Waals surface area contributed by atoms with Crippen molar-refractivity contribution < 1.29 is 38.8 Å². The number of alkyl carbamates (subject to hydrolysis) is 1. The normalized spacial score (nSPS) is 17.8. The van der Waals surface area contributed by atoms with Crippen LogP contribution in [0.25, 0.3) is 10.9 Å². The zero-order chi connectivity index (χ0) is 46.5. The number of aliphatic hydroxyl groups excluding tert-OH is 1. The standard InChI is InChI=1S/C53H57N5O9/c59-45-22-20-42(43-21-23-48(61)56-50(43)45)46(60)32-54-26-7-8-29-65-52(63)44(30-35-10-3-1-4-11-35)55-51(62)39-18-16-36(17-19-39)34-66-41-15-9-14-40(31-41)49(38-12-5-2-6-13-38)57-53(64)67-47-33-58-27-24-37(47)25-28-58/h1-6,9-23,31,37,44,46-47,49,54,59-60H,7-8,24-30,32-34H2,(H,55,62)(H,56,61)(H,57,64)/t44?,46-,47+,49?/m1/s1. The molecule has 3 aliphatic heterocycles. The molecule has 0 radical (unpaired) electrons. The predicted octanol–water partition coefficient (Wildman–Crippen LogP) is 6.71. The molecule has 4 heterocycles. The number of hydrogen-bond donors (Lipinski definition) is 6. The summed E-state index contributed by atoms with van der Waals surface area (Å²) in [6.45, 7) is 4.06. The van der Waals surface area contributed by atoms with Gasteiger partial charge in [0.05, 0.1) is 24.3 Å². The average molecular weight is 908 g/mol. The zero-order valence-corrected chi connectivity index (χ0v) is 37.3. The molecule has 348 valence electrons. The van der Waals surface area contributed by atoms with Gasteiger partial charge in [-0.25, -0.2) is 9.59 Å². The summed E-state index contributed by atoms with van der Waals surface area (Å²) in [6, 6.07) is 38.4. The maximum Gasteiger partial charge on any atom is 0.408 e. The topological polar surface area (TPSA) is 192 Å². The van der Waals surface area contributed by atoms with Crippen LogP contribution in [0.15, 0.2) is 138 Å². The first-order valence-corrected chi connectivity index (χ1v) is 23.0. The molecule has 2 amide bonds. The number of pyridine rings is 1. The molecule has 3 saturated heterocycles. The third-order valence-electron chi connectivity index (χ3n) is 12.5. The molecular weight excluding hydrogens is 851 g/mol. The molecule has 2 unspecified atom stereocenters. The van der Waals surface area contributed by atoms with Crippen LogP contribution < -0.4 is 26.2 Å². The van der Waals surface area contributed by atoms with Crippen LogP contribution in [0.4, 0.5) is 4.79 Å². The number of phenols is 1. The van der Waals surface area contributed by atoms with E-state index in [2.05, 4.69) is 25.8 Å². The number of carbonyl (C=O) groups is 3. The van der Waals surface area contributed by atoms with Gasteiger partial charge in [-0.2, -0.15) is 0 Å². The van der Waals surface area contributed by atoms with Gasteiger partial charge in [-0.15, -0.1) is 0 Å². The fraction of sp³-hybridized carbons (Fsp3) is 0.321. The van der Waals surface area contributed by atoms with Gasteiger partial charge in [0.2, 0.25) is 5.56 Å². The third kappa shape index (κ3) is 12.5. The number of unbranched alkanes of at least 4 members (excludes halogenated alkanes) is 1. The third-order valence-corrected chi connectivity index (χ3v) is 12.5. The monoisotopic (exact) mass is 907 g/mol. The van der Waals surface area contributed by atoms with Gasteiger partial charge in [-0.3, -0.25) is 14.5 Å². The first-order valence-electron chi connectivity index (χ1n) is 23.0. The summed E-state index contributed by atoms with van der Waals surface area (Å²) in [4.78, 5) is 57.0. The minimum atomic E-state index is -0.926. The number of amides is 2. The number of aliphatic hydroxyl groups is 1. The maximum absolute atomic E-state index is 13.5. The Morgan fingerprint density at radius 2 is 1.54 bits per heavy atom. The number of aromatic amines is 1. The van der Waals surface area contributed by atoms with Crippen molar-refractivity contribution in [2.45, 2.75) is 63.0 Å². The quantitative estimate of drug-likeness (QED) is 0.0353. The van der Waals surface area contributed by atoms with Crippen molar-refractivity contribution in [1.82, 2.24) is 25.8 Å². The Labute approximate surface area is 389 Å². The van der Waals surface area contributed by atoms with E-state index in [0.29, 0.717) is 47.6 Å². The van der Waals surface area contributed by atoms with Crippen LogP contribution in [-0.2, 0) is 27.3 Å². The molecule has 3 aliphatic rings. The summed E-state index contributed by atoms with van der Waals surface area (Å²) in [5.41, 5.74) is 4.33. The molecule has 1 aromatic heterocycles. The number of hydrogen-bond acceptors (Lipinski definition) is 11. The highest BCUT2D eigenvalue weighted by molar-refractivity contribution is 5.97. The minimum Gasteiger partial charge on any atom is -0.506 e. The lowest BCUT2D eigenvalue weighted by Crippen LogP contribution is -2.52. The Bertz CT molecular complexity index is 2650. The van der Waals surface area contributed by atoms with E-state index in [0.717, 1.165) is 54.7 Å². The lowest BCUT2D eigenvalue weighted by atomic mass is 9.86. The number of piperidine rings is 3. The summed E-state index contributed by atoms with van der Waals surface area (Å²) < 4.78 is 17.9. The fourth-order valence-corrected chi connectivity index (χ4v) is 8.85. The predicted molar refractivity (Wildman–Crippen MR) is 254 cm³/mol. The number of esters is 1. The van der Waals surface area contributed by atoms with Crippen LogP contribution in [0, 0.1) is 5.92 Å². The van der Waals surface area contributed by atoms with Crippen molar-refractivity contribution in [3.8, 4) is 11.5 Å². The summed E-state index contributed by atoms with van der Waals surface area (Å²) in [7, 11) is 0. The molecule has 67 heavy (non-hydrogen) atoms. The number of benzene rings is 5. The Kier molecular flexibility index (Phi) is 15.6. The van der Waals surface area contributed by atoms with Crippen LogP contribution >= 0.6 is 0 Å². The van der Waals surface area contributed by atoms with E-state index in [1.807, 2.05) is 97.1 Å². The molecule has 4 atom stereocenters. The summed E-state index contributed by atoms with van der Waals surface area (Å²) in [5.74, 6) is -0.0151. The smallest absolute Gasteiger partial charge is 0.408 e. The molecular formula is C53H57N5O9. The number of nitrogens with one attached hydrogen (secondary N) is 4. The van der Waals surface area contributed by atoms with Crippen molar-refractivity contribution in [2.75, 3.05) is 39.3 Å². The maximum atomic E-state index is 13.5. The number of phenolic OH excluding ortho intramolecular Hbond substituents is 1. The number of rotatable bonds is 20. The van der Waals surface area contributed by atoms with E-state index in [1.165, 1.54) is 12.1 Å². The number of aromatic nitrogens is 1. The van der Waals surface area contributed by atoms with Gasteiger partial charge in [-0.1, -0.05) is 91.0 Å². The molecule has 0 saturated carbocycles. The highest BCUT2D eigenvalue weighted by Crippen LogP contribution is 2.31. The number of nitrogens with zero attached hydrogens (tertiary/aromatic N) is 1. The number of fused-ring (bicyclic) bond motifs is 4. The lowest BCUT2D eigenvalue weighted by molar-refractivity contribution is -0.146. The highest BCUT2D eigenvalue weighted by Gasteiger charge is 2.37. The van der Waals surface area contributed by atoms with Crippen LogP contribution in [0.5, 0.6) is 11.5 Å². The number of carbonyl (C=O) groups excluding carboxylic acids is 3. The number of H-pyrrole nitrogens is 1. The molecule has 2 bridgehead atoms. The largest absolute Gasteiger partial charge is 0.506 e. The van der Waals surface area contributed by atoms with Crippen LogP contribution in [0.3, 0.4) is 0 Å². The second kappa shape index (κ2) is 22.5. The van der Waals surface area contributed by atoms with Gasteiger partial charge < -0.3 is 45.4 Å². The van der Waals surface area contributed by atoms with Crippen molar-refractivity contribution in [2.24, 2.45) is 5.92 Å². The van der Waals surface area contributed by atoms with E-state index in [-0.39, 0.29) is 49.1 Å². The van der Waals surface area contributed by atoms with Crippen LogP contribution in [0.1, 0.15) is 76.0 Å². The van der Waals surface area contributed by atoms with Crippen molar-refractivity contribution in [3.05, 3.63) is 177 Å². The molecule has 14 heteroatoms. The zero-order valence-electron chi connectivity index (χ0n) is 37.3. The Morgan fingerprint density at radius 3 is 2.28 bits per heavy atom. The second-order valence-corrected chi connectivity index (χ2v) is 17.2. The van der Waals surface area contributed by atoms with Gasteiger partial charge >= 0.3 is 12.1 Å². The van der Waals surface area contributed by atoms with Crippen molar-refractivity contribution in [3.63, 3.8) is 0 Å². The molecule has 5 aromatic carbocycles. The highest BCUT2D eigenvalue weighted by atomic mass is 16.6. The van der Waals surface area contributed by atoms with Crippen LogP contribution in [0.2, 0.25) is 0 Å². The fourth-order valence-electron chi connectivity index (χ4n) is 8.85. The lowest BCUT2D eigenvalue weighted by Gasteiger charge is -2.43. The van der Waals surface area contributed by atoms with Gasteiger partial charge in [0, 0.05) is 36.5 Å². The molecule has 0 spiro atoms. The SMILES string of the molecule is O=C(NC(c1ccccc1)c1cccc(OCc2ccc(C(=O)NC(Cc3ccccc3)C(=O)OCCCCNC[C@@H](O)c3ccc(O)c4[nH]c(=O)ccc34)cc2)c1)O[C@H]1CN2CCC1CC2.